The molecule has 0 aliphatic rings. The van der Waals surface area contributed by atoms with Gasteiger partial charge in [-0.3, -0.25) is 9.59 Å². The van der Waals surface area contributed by atoms with Gasteiger partial charge in [0.2, 0.25) is 0 Å². The first kappa shape index (κ1) is 16.0. The van der Waals surface area contributed by atoms with Crippen LogP contribution in [0, 0.1) is 6.92 Å². The van der Waals surface area contributed by atoms with Gasteiger partial charge < -0.3 is 14.8 Å². The highest BCUT2D eigenvalue weighted by molar-refractivity contribution is 5.82. The first-order valence-electron chi connectivity index (χ1n) is 6.51. The van der Waals surface area contributed by atoms with Crippen LogP contribution in [0.2, 0.25) is 0 Å². The van der Waals surface area contributed by atoms with Gasteiger partial charge >= 0.3 is 5.97 Å². The van der Waals surface area contributed by atoms with Crippen LogP contribution in [-0.2, 0) is 14.3 Å². The molecule has 0 aliphatic heterocycles. The molecule has 0 heterocycles. The van der Waals surface area contributed by atoms with Crippen LogP contribution < -0.4 is 10.1 Å². The van der Waals surface area contributed by atoms with Crippen molar-refractivity contribution in [3.05, 3.63) is 29.3 Å². The lowest BCUT2D eigenvalue weighted by Crippen LogP contribution is -2.33. The Labute approximate surface area is 119 Å². The third kappa shape index (κ3) is 4.91. The minimum atomic E-state index is -0.490. The molecule has 0 radical (unpaired) electrons. The van der Waals surface area contributed by atoms with E-state index in [1.165, 1.54) is 12.7 Å². The molecule has 0 unspecified atom stereocenters. The molecule has 1 rings (SSSR count). The summed E-state index contributed by atoms with van der Waals surface area (Å²) >= 11 is 0. The molecule has 20 heavy (non-hydrogen) atoms. The Morgan fingerprint density at radius 2 is 2.00 bits per heavy atom. The lowest BCUT2D eigenvalue weighted by molar-refractivity contribution is -0.141. The van der Waals surface area contributed by atoms with E-state index in [0.717, 1.165) is 5.56 Å². The van der Waals surface area contributed by atoms with Crippen LogP contribution in [0.1, 0.15) is 30.9 Å². The van der Waals surface area contributed by atoms with Crippen molar-refractivity contribution < 1.29 is 19.1 Å². The van der Waals surface area contributed by atoms with E-state index < -0.39 is 5.97 Å². The van der Waals surface area contributed by atoms with Gasteiger partial charge in [0.05, 0.1) is 7.11 Å². The topological polar surface area (TPSA) is 64.6 Å². The molecular formula is C15H21NO4. The van der Waals surface area contributed by atoms with Crippen molar-refractivity contribution >= 4 is 11.9 Å². The van der Waals surface area contributed by atoms with Crippen LogP contribution >= 0.6 is 0 Å². The standard InChI is InChI=1S/C15H21NO4/c1-10(2)13-6-5-12(7-11(13)3)20-9-14(17)16-8-15(18)19-4/h5-7,10H,8-9H2,1-4H3,(H,16,17). The number of nitrogens with one attached hydrogen (secondary N) is 1. The number of amides is 1. The van der Waals surface area contributed by atoms with Crippen molar-refractivity contribution in [2.45, 2.75) is 26.7 Å². The number of hydrogen-bond acceptors (Lipinski definition) is 4. The summed E-state index contributed by atoms with van der Waals surface area (Å²) in [4.78, 5) is 22.3. The number of carbonyl (C=O) groups excluding carboxylic acids is 2. The maximum atomic E-state index is 11.5. The van der Waals surface area contributed by atoms with E-state index in [-0.39, 0.29) is 19.1 Å². The van der Waals surface area contributed by atoms with E-state index in [0.29, 0.717) is 11.7 Å². The highest BCUT2D eigenvalue weighted by Gasteiger charge is 2.08. The molecule has 0 aromatic heterocycles. The zero-order chi connectivity index (χ0) is 15.1. The summed E-state index contributed by atoms with van der Waals surface area (Å²) in [5.41, 5.74) is 2.39. The quantitative estimate of drug-likeness (QED) is 0.806. The molecule has 0 saturated heterocycles. The van der Waals surface area contributed by atoms with Gasteiger partial charge in [-0.15, -0.1) is 0 Å². The maximum absolute atomic E-state index is 11.5. The second kappa shape index (κ2) is 7.53. The SMILES string of the molecule is COC(=O)CNC(=O)COc1ccc(C(C)C)c(C)c1. The lowest BCUT2D eigenvalue weighted by Gasteiger charge is -2.12. The van der Waals surface area contributed by atoms with Gasteiger partial charge in [0, 0.05) is 0 Å². The molecule has 5 heteroatoms. The molecular weight excluding hydrogens is 258 g/mol. The number of hydrogen-bond donors (Lipinski definition) is 1. The lowest BCUT2D eigenvalue weighted by atomic mass is 9.98. The molecule has 0 atom stereocenters. The van der Waals surface area contributed by atoms with Gasteiger partial charge in [-0.1, -0.05) is 19.9 Å². The van der Waals surface area contributed by atoms with Crippen LogP contribution in [0.4, 0.5) is 0 Å². The normalized spacial score (nSPS) is 10.2. The van der Waals surface area contributed by atoms with Gasteiger partial charge in [0.1, 0.15) is 12.3 Å². The monoisotopic (exact) mass is 279 g/mol. The zero-order valence-corrected chi connectivity index (χ0v) is 12.4. The number of benzene rings is 1. The second-order valence-electron chi connectivity index (χ2n) is 4.81. The Hall–Kier alpha value is -2.04. The predicted octanol–water partition coefficient (Wildman–Crippen LogP) is 1.79. The van der Waals surface area contributed by atoms with E-state index in [1.54, 1.807) is 0 Å². The molecule has 1 amide bonds. The molecule has 0 spiro atoms. The number of methoxy groups -OCH3 is 1. The number of ether oxygens (including phenoxy) is 2. The minimum Gasteiger partial charge on any atom is -0.484 e. The number of rotatable bonds is 6. The first-order chi connectivity index (χ1) is 9.43. The summed E-state index contributed by atoms with van der Waals surface area (Å²) in [6, 6.07) is 5.75. The Bertz CT molecular complexity index is 483. The fraction of sp³-hybridized carbons (Fsp3) is 0.467. The molecule has 5 nitrogen and oxygen atoms in total. The third-order valence-corrected chi connectivity index (χ3v) is 2.89. The Balaban J connectivity index is 2.48. The van der Waals surface area contributed by atoms with Gasteiger partial charge in [0.15, 0.2) is 6.61 Å². The van der Waals surface area contributed by atoms with Crippen LogP contribution in [-0.4, -0.2) is 32.1 Å². The molecule has 1 aromatic carbocycles. The number of esters is 1. The van der Waals surface area contributed by atoms with Crippen LogP contribution in [0.3, 0.4) is 0 Å². The summed E-state index contributed by atoms with van der Waals surface area (Å²) < 4.78 is 9.81. The fourth-order valence-electron chi connectivity index (χ4n) is 1.83. The molecule has 0 bridgehead atoms. The molecule has 0 saturated carbocycles. The zero-order valence-electron chi connectivity index (χ0n) is 12.4. The molecule has 110 valence electrons. The van der Waals surface area contributed by atoms with Gasteiger partial charge in [-0.05, 0) is 36.1 Å². The third-order valence-electron chi connectivity index (χ3n) is 2.89. The van der Waals surface area contributed by atoms with Crippen molar-refractivity contribution in [1.29, 1.82) is 0 Å². The largest absolute Gasteiger partial charge is 0.484 e. The summed E-state index contributed by atoms with van der Waals surface area (Å²) in [6.45, 7) is 5.99. The summed E-state index contributed by atoms with van der Waals surface area (Å²) in [5, 5.41) is 2.41. The molecule has 0 aliphatic carbocycles. The minimum absolute atomic E-state index is 0.128. The van der Waals surface area contributed by atoms with Gasteiger partial charge in [-0.2, -0.15) is 0 Å². The Morgan fingerprint density at radius 3 is 2.55 bits per heavy atom. The van der Waals surface area contributed by atoms with Crippen molar-refractivity contribution in [1.82, 2.24) is 5.32 Å². The van der Waals surface area contributed by atoms with E-state index in [9.17, 15) is 9.59 Å². The van der Waals surface area contributed by atoms with Gasteiger partial charge in [-0.25, -0.2) is 0 Å². The van der Waals surface area contributed by atoms with Crippen molar-refractivity contribution in [2.75, 3.05) is 20.3 Å². The smallest absolute Gasteiger partial charge is 0.325 e. The van der Waals surface area contributed by atoms with Crippen molar-refractivity contribution in [3.63, 3.8) is 0 Å². The van der Waals surface area contributed by atoms with E-state index >= 15 is 0 Å². The van der Waals surface area contributed by atoms with Crippen molar-refractivity contribution in [3.8, 4) is 5.75 Å². The number of carbonyl (C=O) groups is 2. The fourth-order valence-corrected chi connectivity index (χ4v) is 1.83. The maximum Gasteiger partial charge on any atom is 0.325 e. The van der Waals surface area contributed by atoms with E-state index in [1.807, 2.05) is 25.1 Å². The molecule has 1 aromatic rings. The van der Waals surface area contributed by atoms with Crippen LogP contribution in [0.5, 0.6) is 5.75 Å². The second-order valence-corrected chi connectivity index (χ2v) is 4.81. The number of aryl methyl sites for hydroxylation is 1. The van der Waals surface area contributed by atoms with E-state index in [2.05, 4.69) is 23.9 Å². The highest BCUT2D eigenvalue weighted by Crippen LogP contribution is 2.23. The Kier molecular flexibility index (Phi) is 6.03. The average molecular weight is 279 g/mol. The van der Waals surface area contributed by atoms with Crippen molar-refractivity contribution in [2.24, 2.45) is 0 Å². The summed E-state index contributed by atoms with van der Waals surface area (Å²) in [6.07, 6.45) is 0. The van der Waals surface area contributed by atoms with Gasteiger partial charge in [0.25, 0.3) is 5.91 Å². The van der Waals surface area contributed by atoms with E-state index in [4.69, 9.17) is 4.74 Å². The van der Waals surface area contributed by atoms with Crippen LogP contribution in [0.15, 0.2) is 18.2 Å². The first-order valence-corrected chi connectivity index (χ1v) is 6.51. The van der Waals surface area contributed by atoms with Crippen LogP contribution in [0.25, 0.3) is 0 Å². The highest BCUT2D eigenvalue weighted by atomic mass is 16.5. The molecule has 0 fully saturated rings. The molecule has 1 N–H and O–H groups in total. The summed E-state index contributed by atoms with van der Waals surface area (Å²) in [7, 11) is 1.27. The summed E-state index contributed by atoms with van der Waals surface area (Å²) in [5.74, 6) is 0.240. The average Bonchev–Trinajstić information content (AvgIpc) is 2.42. The predicted molar refractivity (Wildman–Crippen MR) is 75.8 cm³/mol. The Morgan fingerprint density at radius 1 is 1.30 bits per heavy atom.